The number of carbonyl (C=O) groups excluding carboxylic acids is 2. The van der Waals surface area contributed by atoms with Crippen molar-refractivity contribution in [2.24, 2.45) is 5.92 Å². The van der Waals surface area contributed by atoms with E-state index in [1.165, 1.54) is 0 Å². The molecule has 3 N–H and O–H groups in total. The minimum atomic E-state index is -3.44. The van der Waals surface area contributed by atoms with Crippen molar-refractivity contribution >= 4 is 42.5 Å². The number of amides is 2. The molecule has 0 aliphatic carbocycles. The smallest absolute Gasteiger partial charge is 0.264 e. The van der Waals surface area contributed by atoms with Gasteiger partial charge in [-0.15, -0.1) is 5.10 Å². The first-order valence-electron chi connectivity index (χ1n) is 18.8. The average molecular weight is 757 g/mol. The monoisotopic (exact) mass is 756 g/mol. The van der Waals surface area contributed by atoms with Gasteiger partial charge in [-0.3, -0.25) is 14.3 Å². The summed E-state index contributed by atoms with van der Waals surface area (Å²) in [6, 6.07) is 32.8. The van der Waals surface area contributed by atoms with E-state index in [0.29, 0.717) is 42.1 Å². The number of hydrogen-bond donors (Lipinski definition) is 3. The first kappa shape index (κ1) is 36.5. The number of anilines is 2. The van der Waals surface area contributed by atoms with E-state index >= 15 is 4.11 Å². The van der Waals surface area contributed by atoms with Gasteiger partial charge < -0.3 is 29.2 Å². The second kappa shape index (κ2) is 14.7. The standard InChI is InChI=1S/C43H45FN6O4Si/c1-28-41(55(2,3)44)39(20-21-49-26-37(47-48-49)34(27-51)30-14-8-5-9-15-30)54-43(28)35-23-32(46-40(52)22-31-24-45-36-17-11-10-16-33(31)36)18-19-38(35)50(42(43)53)25-29-12-6-4-7-13-29/h4-19,23-24,26,28,34,39,41,45,51H,20-22,25,27H2,1-3H3,(H,46,52)/t28-,34?,39+,41-,43+/m1/s1. The van der Waals surface area contributed by atoms with Crippen LogP contribution in [0.4, 0.5) is 15.5 Å². The maximum Gasteiger partial charge on any atom is 0.264 e. The summed E-state index contributed by atoms with van der Waals surface area (Å²) < 4.78 is 25.3. The molecular formula is C43H45FN6O4Si. The van der Waals surface area contributed by atoms with Crippen molar-refractivity contribution in [3.05, 3.63) is 143 Å². The van der Waals surface area contributed by atoms with Gasteiger partial charge in [-0.25, -0.2) is 0 Å². The Kier molecular flexibility index (Phi) is 9.74. The minimum Gasteiger partial charge on any atom is -0.395 e. The van der Waals surface area contributed by atoms with E-state index in [9.17, 15) is 14.7 Å². The molecule has 0 radical (unpaired) electrons. The Morgan fingerprint density at radius 2 is 1.76 bits per heavy atom. The van der Waals surface area contributed by atoms with Crippen LogP contribution in [0.3, 0.4) is 0 Å². The van der Waals surface area contributed by atoms with Gasteiger partial charge in [0, 0.05) is 52.6 Å². The minimum absolute atomic E-state index is 0.120. The first-order chi connectivity index (χ1) is 26.6. The molecule has 1 spiro atoms. The molecule has 0 bridgehead atoms. The number of nitrogens with zero attached hydrogens (tertiary/aromatic N) is 4. The van der Waals surface area contributed by atoms with E-state index in [0.717, 1.165) is 27.6 Å². The van der Waals surface area contributed by atoms with Crippen LogP contribution in [-0.4, -0.2) is 58.0 Å². The molecule has 2 amide bonds. The van der Waals surface area contributed by atoms with Crippen LogP contribution in [0.2, 0.25) is 18.6 Å². The van der Waals surface area contributed by atoms with Crippen molar-refractivity contribution in [2.45, 2.75) is 69.1 Å². The number of carbonyl (C=O) groups is 2. The van der Waals surface area contributed by atoms with Gasteiger partial charge >= 0.3 is 0 Å². The number of nitrogens with one attached hydrogen (secondary N) is 2. The van der Waals surface area contributed by atoms with Crippen LogP contribution < -0.4 is 10.2 Å². The highest BCUT2D eigenvalue weighted by atomic mass is 28.4. The van der Waals surface area contributed by atoms with Crippen molar-refractivity contribution < 1.29 is 23.5 Å². The van der Waals surface area contributed by atoms with E-state index in [4.69, 9.17) is 4.74 Å². The number of H-pyrrole nitrogens is 1. The zero-order valence-corrected chi connectivity index (χ0v) is 32.2. The number of aliphatic hydroxyl groups excluding tert-OH is 1. The Balaban J connectivity index is 1.10. The summed E-state index contributed by atoms with van der Waals surface area (Å²) in [7, 11) is -3.44. The van der Waals surface area contributed by atoms with Gasteiger partial charge in [0.05, 0.1) is 43.0 Å². The van der Waals surface area contributed by atoms with E-state index in [1.807, 2.05) is 122 Å². The Morgan fingerprint density at radius 3 is 2.51 bits per heavy atom. The lowest BCUT2D eigenvalue weighted by Gasteiger charge is -2.31. The Morgan fingerprint density at radius 1 is 1.04 bits per heavy atom. The summed E-state index contributed by atoms with van der Waals surface area (Å²) in [4.78, 5) is 33.4. The third kappa shape index (κ3) is 6.79. The predicted molar refractivity (Wildman–Crippen MR) is 213 cm³/mol. The van der Waals surface area contributed by atoms with E-state index in [2.05, 4.69) is 20.6 Å². The molecule has 1 unspecified atom stereocenters. The summed E-state index contributed by atoms with van der Waals surface area (Å²) in [5.74, 6) is -1.26. The van der Waals surface area contributed by atoms with Gasteiger partial charge in [0.25, 0.3) is 5.91 Å². The number of benzene rings is 4. The maximum absolute atomic E-state index is 16.6. The molecule has 12 heteroatoms. The maximum atomic E-state index is 16.6. The summed E-state index contributed by atoms with van der Waals surface area (Å²) in [6.45, 7) is 5.89. The van der Waals surface area contributed by atoms with Crippen LogP contribution >= 0.6 is 0 Å². The number of hydrogen-bond acceptors (Lipinski definition) is 6. The fourth-order valence-electron chi connectivity index (χ4n) is 8.87. The number of rotatable bonds is 12. The first-order valence-corrected chi connectivity index (χ1v) is 21.8. The quantitative estimate of drug-likeness (QED) is 0.0879. The lowest BCUT2D eigenvalue weighted by atomic mass is 9.82. The van der Waals surface area contributed by atoms with Gasteiger partial charge in [-0.05, 0) is 60.5 Å². The van der Waals surface area contributed by atoms with Crippen LogP contribution in [0.1, 0.15) is 47.2 Å². The topological polar surface area (TPSA) is 125 Å². The highest BCUT2D eigenvalue weighted by Crippen LogP contribution is 2.60. The van der Waals surface area contributed by atoms with Gasteiger partial charge in [0.1, 0.15) is 0 Å². The molecule has 2 aromatic heterocycles. The number of aliphatic hydroxyl groups is 1. The Bertz CT molecular complexity index is 2330. The number of aromatic amines is 1. The molecule has 1 fully saturated rings. The molecule has 6 aromatic rings. The molecule has 10 nitrogen and oxygen atoms in total. The van der Waals surface area contributed by atoms with Crippen molar-refractivity contribution in [3.8, 4) is 0 Å². The zero-order valence-electron chi connectivity index (χ0n) is 31.2. The number of aryl methyl sites for hydroxylation is 1. The van der Waals surface area contributed by atoms with Crippen LogP contribution in [-0.2, 0) is 39.4 Å². The molecule has 4 heterocycles. The summed E-state index contributed by atoms with van der Waals surface area (Å²) in [5.41, 5.74) is 4.25. The van der Waals surface area contributed by atoms with Crippen LogP contribution in [0.15, 0.2) is 116 Å². The van der Waals surface area contributed by atoms with Gasteiger partial charge in [-0.2, -0.15) is 0 Å². The molecule has 55 heavy (non-hydrogen) atoms. The van der Waals surface area contributed by atoms with Gasteiger partial charge in [0.2, 0.25) is 14.3 Å². The molecule has 2 aliphatic heterocycles. The van der Waals surface area contributed by atoms with Crippen molar-refractivity contribution in [1.82, 2.24) is 20.0 Å². The van der Waals surface area contributed by atoms with Crippen molar-refractivity contribution in [3.63, 3.8) is 0 Å². The molecule has 1 saturated heterocycles. The van der Waals surface area contributed by atoms with Gasteiger partial charge in [0.15, 0.2) is 5.60 Å². The Labute approximate surface area is 320 Å². The number of halogens is 1. The largest absolute Gasteiger partial charge is 0.395 e. The lowest BCUT2D eigenvalue weighted by molar-refractivity contribution is -0.146. The third-order valence-electron chi connectivity index (χ3n) is 11.4. The molecule has 282 valence electrons. The number of fused-ring (bicyclic) bond motifs is 3. The van der Waals surface area contributed by atoms with E-state index in [-0.39, 0.29) is 30.8 Å². The second-order valence-corrected chi connectivity index (χ2v) is 19.1. The predicted octanol–water partition coefficient (Wildman–Crippen LogP) is 7.48. The normalized spacial score (nSPS) is 21.4. The fourth-order valence-corrected chi connectivity index (χ4v) is 11.4. The highest BCUT2D eigenvalue weighted by molar-refractivity contribution is 6.72. The molecule has 4 aromatic carbocycles. The summed E-state index contributed by atoms with van der Waals surface area (Å²) in [6.07, 6.45) is 3.65. The van der Waals surface area contributed by atoms with Crippen molar-refractivity contribution in [1.29, 1.82) is 0 Å². The van der Waals surface area contributed by atoms with Crippen LogP contribution in [0.25, 0.3) is 10.9 Å². The zero-order chi connectivity index (χ0) is 38.3. The van der Waals surface area contributed by atoms with E-state index < -0.39 is 31.6 Å². The Hall–Kier alpha value is -5.43. The SMILES string of the molecule is C[C@@H]1[C@@H]([Si](C)(C)F)[C@H](CCn2cc(C(CO)c3ccccc3)nn2)O[C@@]12C(=O)N(Cc1ccccc1)c1ccc(NC(=O)Cc3c[nH]c4ccccc34)cc12. The van der Waals surface area contributed by atoms with Crippen LogP contribution in [0, 0.1) is 5.92 Å². The molecule has 8 rings (SSSR count). The van der Waals surface area contributed by atoms with Gasteiger partial charge in [-0.1, -0.05) is 91.0 Å². The third-order valence-corrected chi connectivity index (χ3v) is 13.9. The van der Waals surface area contributed by atoms with E-state index in [1.54, 1.807) is 22.7 Å². The summed E-state index contributed by atoms with van der Waals surface area (Å²) >= 11 is 0. The second-order valence-electron chi connectivity index (χ2n) is 15.3. The average Bonchev–Trinajstić information content (AvgIpc) is 3.94. The number of aromatic nitrogens is 4. The lowest BCUT2D eigenvalue weighted by Crippen LogP contribution is -2.45. The molecular weight excluding hydrogens is 712 g/mol. The molecule has 2 aliphatic rings. The van der Waals surface area contributed by atoms with Crippen molar-refractivity contribution in [2.75, 3.05) is 16.8 Å². The number of para-hydroxylation sites is 1. The summed E-state index contributed by atoms with van der Waals surface area (Å²) in [5, 5.41) is 23.0. The highest BCUT2D eigenvalue weighted by Gasteiger charge is 2.66. The van der Waals surface area contributed by atoms with Crippen LogP contribution in [0.5, 0.6) is 0 Å². The molecule has 5 atom stereocenters. The molecule has 0 saturated carbocycles. The fraction of sp³-hybridized carbons (Fsp3) is 0.302. The number of ether oxygens (including phenoxy) is 1.